The van der Waals surface area contributed by atoms with Crippen LogP contribution in [0.3, 0.4) is 0 Å². The van der Waals surface area contributed by atoms with Gasteiger partial charge in [-0.15, -0.1) is 22.7 Å². The lowest BCUT2D eigenvalue weighted by Crippen LogP contribution is -2.08. The molecule has 4 aromatic rings. The third-order valence-corrected chi connectivity index (χ3v) is 5.89. The van der Waals surface area contributed by atoms with E-state index in [0.717, 1.165) is 41.2 Å². The van der Waals surface area contributed by atoms with Gasteiger partial charge in [0.25, 0.3) is 0 Å². The monoisotopic (exact) mass is 365 g/mol. The Morgan fingerprint density at radius 3 is 2.72 bits per heavy atom. The minimum atomic E-state index is 0.757. The first-order valence-electron chi connectivity index (χ1n) is 8.35. The smallest absolute Gasteiger partial charge is 0.138 e. The summed E-state index contributed by atoms with van der Waals surface area (Å²) in [4.78, 5) is 13.3. The molecule has 0 atom stereocenters. The Balaban J connectivity index is 1.59. The largest absolute Gasteiger partial charge is 0.369 e. The van der Waals surface area contributed by atoms with Gasteiger partial charge >= 0.3 is 0 Å². The highest BCUT2D eigenvalue weighted by Crippen LogP contribution is 2.29. The summed E-state index contributed by atoms with van der Waals surface area (Å²) in [7, 11) is 0. The summed E-state index contributed by atoms with van der Waals surface area (Å²) in [6.45, 7) is 3.00. The van der Waals surface area contributed by atoms with E-state index in [1.807, 2.05) is 6.07 Å². The molecule has 0 saturated carbocycles. The molecule has 1 aromatic carbocycles. The lowest BCUT2D eigenvalue weighted by atomic mass is 10.1. The zero-order valence-corrected chi connectivity index (χ0v) is 15.7. The maximum Gasteiger partial charge on any atom is 0.138 e. The van der Waals surface area contributed by atoms with Crippen LogP contribution < -0.4 is 5.32 Å². The fraction of sp³-hybridized carbons (Fsp3) is 0.200. The number of nitrogens with zero attached hydrogens (tertiary/aromatic N) is 2. The Hall–Kier alpha value is -2.24. The highest BCUT2D eigenvalue weighted by molar-refractivity contribution is 7.18. The van der Waals surface area contributed by atoms with Crippen LogP contribution in [0.5, 0.6) is 0 Å². The molecule has 0 radical (unpaired) electrons. The molecule has 0 amide bonds. The lowest BCUT2D eigenvalue weighted by Gasteiger charge is -2.08. The van der Waals surface area contributed by atoms with Crippen LogP contribution >= 0.6 is 22.7 Å². The van der Waals surface area contributed by atoms with Gasteiger partial charge < -0.3 is 5.32 Å². The minimum absolute atomic E-state index is 0.757. The summed E-state index contributed by atoms with van der Waals surface area (Å²) in [5.41, 5.74) is 1.24. The first kappa shape index (κ1) is 16.2. The molecule has 25 heavy (non-hydrogen) atoms. The third kappa shape index (κ3) is 3.89. The Bertz CT molecular complexity index is 959. The molecule has 126 valence electrons. The van der Waals surface area contributed by atoms with E-state index in [0.29, 0.717) is 0 Å². The molecule has 0 fully saturated rings. The first-order chi connectivity index (χ1) is 12.3. The van der Waals surface area contributed by atoms with Crippen LogP contribution in [-0.4, -0.2) is 16.5 Å². The molecule has 1 N–H and O–H groups in total. The molecule has 0 unspecified atom stereocenters. The van der Waals surface area contributed by atoms with E-state index in [-0.39, 0.29) is 0 Å². The zero-order valence-electron chi connectivity index (χ0n) is 14.0. The van der Waals surface area contributed by atoms with Crippen molar-refractivity contribution >= 4 is 38.7 Å². The summed E-state index contributed by atoms with van der Waals surface area (Å²) in [6, 6.07) is 16.9. The van der Waals surface area contributed by atoms with Gasteiger partial charge in [0.15, 0.2) is 0 Å². The van der Waals surface area contributed by atoms with Gasteiger partial charge in [0.2, 0.25) is 0 Å². The highest BCUT2D eigenvalue weighted by Gasteiger charge is 2.11. The molecule has 4 rings (SSSR count). The van der Waals surface area contributed by atoms with Gasteiger partial charge in [-0.05, 0) is 36.4 Å². The van der Waals surface area contributed by atoms with Crippen LogP contribution in [0.25, 0.3) is 10.2 Å². The predicted octanol–water partition coefficient (Wildman–Crippen LogP) is 5.31. The molecule has 0 spiro atoms. The summed E-state index contributed by atoms with van der Waals surface area (Å²) in [5, 5.41) is 6.78. The number of hydrogen-bond acceptors (Lipinski definition) is 5. The van der Waals surface area contributed by atoms with Crippen molar-refractivity contribution in [3.05, 3.63) is 75.1 Å². The number of rotatable bonds is 6. The number of anilines is 1. The molecule has 3 aromatic heterocycles. The number of fused-ring (bicyclic) bond motifs is 1. The number of aryl methyl sites for hydroxylation is 1. The van der Waals surface area contributed by atoms with Gasteiger partial charge in [-0.2, -0.15) is 0 Å². The molecule has 0 aliphatic heterocycles. The van der Waals surface area contributed by atoms with Crippen molar-refractivity contribution in [2.24, 2.45) is 0 Å². The lowest BCUT2D eigenvalue weighted by molar-refractivity contribution is 0.973. The normalized spacial score (nSPS) is 11.1. The first-order valence-corrected chi connectivity index (χ1v) is 10.0. The average Bonchev–Trinajstić information content (AvgIpc) is 3.24. The number of hydrogen-bond donors (Lipinski definition) is 1. The van der Waals surface area contributed by atoms with E-state index in [1.165, 1.54) is 15.3 Å². The fourth-order valence-electron chi connectivity index (χ4n) is 2.84. The number of thiophene rings is 2. The van der Waals surface area contributed by atoms with Crippen LogP contribution in [0.1, 0.15) is 21.1 Å². The second-order valence-corrected chi connectivity index (χ2v) is 8.25. The Kier molecular flexibility index (Phi) is 4.76. The van der Waals surface area contributed by atoms with Gasteiger partial charge in [0.05, 0.1) is 5.39 Å². The molecular weight excluding hydrogens is 346 g/mol. The molecule has 0 aliphatic carbocycles. The highest BCUT2D eigenvalue weighted by atomic mass is 32.1. The Morgan fingerprint density at radius 1 is 1.04 bits per heavy atom. The summed E-state index contributed by atoms with van der Waals surface area (Å²) >= 11 is 3.53. The summed E-state index contributed by atoms with van der Waals surface area (Å²) in [6.07, 6.45) is 1.77. The van der Waals surface area contributed by atoms with Crippen molar-refractivity contribution in [3.8, 4) is 0 Å². The average molecular weight is 366 g/mol. The number of nitrogens with one attached hydrogen (secondary N) is 1. The maximum absolute atomic E-state index is 4.82. The van der Waals surface area contributed by atoms with Gasteiger partial charge in [-0.25, -0.2) is 9.97 Å². The van der Waals surface area contributed by atoms with E-state index in [4.69, 9.17) is 9.97 Å². The second-order valence-electron chi connectivity index (χ2n) is 5.98. The van der Waals surface area contributed by atoms with Crippen molar-refractivity contribution < 1.29 is 0 Å². The Labute approximate surface area is 155 Å². The number of aromatic nitrogens is 2. The van der Waals surface area contributed by atoms with Crippen LogP contribution in [0.2, 0.25) is 0 Å². The van der Waals surface area contributed by atoms with Crippen LogP contribution in [0.15, 0.2) is 53.9 Å². The van der Waals surface area contributed by atoms with Gasteiger partial charge in [-0.3, -0.25) is 0 Å². The topological polar surface area (TPSA) is 37.8 Å². The summed E-state index contributed by atoms with van der Waals surface area (Å²) < 4.78 is 0. The zero-order chi connectivity index (χ0) is 17.1. The molecule has 3 nitrogen and oxygen atoms in total. The Morgan fingerprint density at radius 2 is 1.92 bits per heavy atom. The van der Waals surface area contributed by atoms with Crippen molar-refractivity contribution in [2.45, 2.75) is 19.8 Å². The fourth-order valence-corrected chi connectivity index (χ4v) is 4.44. The standard InChI is InChI=1S/C20H19N3S2/c1-14-12-17-19(21-10-9-16-8-5-11-24-16)22-18(23-20(17)25-14)13-15-6-3-2-4-7-15/h2-8,11-12H,9-10,13H2,1H3,(H,21,22,23). The van der Waals surface area contributed by atoms with Gasteiger partial charge in [0.1, 0.15) is 16.5 Å². The second kappa shape index (κ2) is 7.33. The van der Waals surface area contributed by atoms with Crippen molar-refractivity contribution in [1.82, 2.24) is 9.97 Å². The van der Waals surface area contributed by atoms with Crippen LogP contribution in [0.4, 0.5) is 5.82 Å². The minimum Gasteiger partial charge on any atom is -0.369 e. The molecule has 3 heterocycles. The van der Waals surface area contributed by atoms with Gasteiger partial charge in [-0.1, -0.05) is 36.4 Å². The molecule has 5 heteroatoms. The molecule has 0 saturated heterocycles. The number of benzene rings is 1. The molecule has 0 aliphatic rings. The SMILES string of the molecule is Cc1cc2c(NCCc3cccs3)nc(Cc3ccccc3)nc2s1. The van der Waals surface area contributed by atoms with E-state index in [1.54, 1.807) is 22.7 Å². The quantitative estimate of drug-likeness (QED) is 0.503. The molecule has 0 bridgehead atoms. The maximum atomic E-state index is 4.82. The van der Waals surface area contributed by atoms with Crippen molar-refractivity contribution in [1.29, 1.82) is 0 Å². The summed E-state index contributed by atoms with van der Waals surface area (Å²) in [5.74, 6) is 1.83. The van der Waals surface area contributed by atoms with E-state index >= 15 is 0 Å². The van der Waals surface area contributed by atoms with Crippen molar-refractivity contribution in [2.75, 3.05) is 11.9 Å². The van der Waals surface area contributed by atoms with Crippen molar-refractivity contribution in [3.63, 3.8) is 0 Å². The third-order valence-electron chi connectivity index (χ3n) is 4.01. The molecular formula is C20H19N3S2. The van der Waals surface area contributed by atoms with E-state index in [2.05, 4.69) is 60.1 Å². The van der Waals surface area contributed by atoms with Crippen LogP contribution in [0, 0.1) is 6.92 Å². The van der Waals surface area contributed by atoms with Crippen LogP contribution in [-0.2, 0) is 12.8 Å². The van der Waals surface area contributed by atoms with E-state index in [9.17, 15) is 0 Å². The predicted molar refractivity (Wildman–Crippen MR) is 108 cm³/mol. The van der Waals surface area contributed by atoms with Gasteiger partial charge in [0, 0.05) is 22.7 Å². The van der Waals surface area contributed by atoms with E-state index < -0.39 is 0 Å².